The van der Waals surface area contributed by atoms with E-state index in [1.165, 1.54) is 35.1 Å². The lowest BCUT2D eigenvalue weighted by Gasteiger charge is -2.07. The number of hydrogen-bond acceptors (Lipinski definition) is 5. The van der Waals surface area contributed by atoms with E-state index in [2.05, 4.69) is 15.0 Å². The zero-order valence-corrected chi connectivity index (χ0v) is 12.8. The van der Waals surface area contributed by atoms with Crippen molar-refractivity contribution in [2.45, 2.75) is 19.6 Å². The number of sulfonamides is 1. The summed E-state index contributed by atoms with van der Waals surface area (Å²) in [4.78, 5) is 0. The predicted molar refractivity (Wildman–Crippen MR) is 77.9 cm³/mol. The van der Waals surface area contributed by atoms with Gasteiger partial charge in [-0.1, -0.05) is 17.3 Å². The minimum Gasteiger partial charge on any atom is -0.382 e. The predicted octanol–water partition coefficient (Wildman–Crippen LogP) is 0.438. The van der Waals surface area contributed by atoms with E-state index in [1.54, 1.807) is 6.92 Å². The number of rotatable bonds is 7. The van der Waals surface area contributed by atoms with E-state index in [4.69, 9.17) is 0 Å². The molecule has 1 unspecified atom stereocenters. The fourth-order valence-corrected chi connectivity index (χ4v) is 2.39. The van der Waals surface area contributed by atoms with Crippen LogP contribution in [0.1, 0.15) is 24.3 Å². The maximum atomic E-state index is 12.9. The number of aliphatic hydroxyl groups is 1. The van der Waals surface area contributed by atoms with Crippen molar-refractivity contribution in [3.05, 3.63) is 47.5 Å². The van der Waals surface area contributed by atoms with Crippen LogP contribution in [-0.4, -0.2) is 40.8 Å². The maximum Gasteiger partial charge on any atom is 0.211 e. The van der Waals surface area contributed by atoms with Gasteiger partial charge < -0.3 is 5.11 Å². The Hall–Kier alpha value is -1.84. The molecule has 1 aromatic heterocycles. The quantitative estimate of drug-likeness (QED) is 0.768. The highest BCUT2D eigenvalue weighted by Gasteiger charge is 2.15. The Kier molecular flexibility index (Phi) is 5.22. The van der Waals surface area contributed by atoms with Gasteiger partial charge in [0.15, 0.2) is 0 Å². The smallest absolute Gasteiger partial charge is 0.211 e. The average Bonchev–Trinajstić information content (AvgIpc) is 2.96. The molecule has 2 rings (SSSR count). The van der Waals surface area contributed by atoms with Crippen LogP contribution in [0.25, 0.3) is 0 Å². The molecule has 0 amide bonds. The zero-order chi connectivity index (χ0) is 16.2. The topological polar surface area (TPSA) is 97.1 Å². The van der Waals surface area contributed by atoms with Crippen LogP contribution in [0.15, 0.2) is 30.5 Å². The molecule has 0 saturated carbocycles. The van der Waals surface area contributed by atoms with E-state index in [9.17, 15) is 17.9 Å². The van der Waals surface area contributed by atoms with Gasteiger partial charge in [0.1, 0.15) is 17.6 Å². The third-order valence-electron chi connectivity index (χ3n) is 3.07. The summed E-state index contributed by atoms with van der Waals surface area (Å²) >= 11 is 0. The highest BCUT2D eigenvalue weighted by Crippen LogP contribution is 2.19. The Morgan fingerprint density at radius 3 is 2.68 bits per heavy atom. The number of aromatic nitrogens is 3. The van der Waals surface area contributed by atoms with Crippen molar-refractivity contribution in [3.63, 3.8) is 0 Å². The van der Waals surface area contributed by atoms with Gasteiger partial charge in [-0.05, 0) is 24.6 Å². The van der Waals surface area contributed by atoms with Gasteiger partial charge in [-0.15, -0.1) is 5.10 Å². The second-order valence-corrected chi connectivity index (χ2v) is 6.75. The highest BCUT2D eigenvalue weighted by molar-refractivity contribution is 7.89. The maximum absolute atomic E-state index is 12.9. The third-order valence-corrected chi connectivity index (χ3v) is 4.47. The number of nitrogens with one attached hydrogen (secondary N) is 1. The largest absolute Gasteiger partial charge is 0.382 e. The summed E-state index contributed by atoms with van der Waals surface area (Å²) in [7, 11) is -3.24. The molecule has 120 valence electrons. The van der Waals surface area contributed by atoms with Crippen molar-refractivity contribution in [1.82, 2.24) is 19.7 Å². The highest BCUT2D eigenvalue weighted by atomic mass is 32.2. The summed E-state index contributed by atoms with van der Waals surface area (Å²) in [5, 5.41) is 17.8. The number of benzene rings is 1. The van der Waals surface area contributed by atoms with E-state index in [0.717, 1.165) is 0 Å². The average molecular weight is 328 g/mol. The normalized spacial score (nSPS) is 13.2. The molecule has 2 N–H and O–H groups in total. The van der Waals surface area contributed by atoms with Crippen LogP contribution in [-0.2, 0) is 16.6 Å². The van der Waals surface area contributed by atoms with Crippen LogP contribution in [0.3, 0.4) is 0 Å². The van der Waals surface area contributed by atoms with Gasteiger partial charge in [0.25, 0.3) is 0 Å². The summed E-state index contributed by atoms with van der Waals surface area (Å²) < 4.78 is 39.3. The number of aliphatic hydroxyl groups excluding tert-OH is 1. The minimum atomic E-state index is -3.24. The molecule has 22 heavy (non-hydrogen) atoms. The molecule has 7 nitrogen and oxygen atoms in total. The van der Waals surface area contributed by atoms with E-state index in [-0.39, 0.29) is 18.1 Å². The second kappa shape index (κ2) is 6.95. The summed E-state index contributed by atoms with van der Waals surface area (Å²) in [5.41, 5.74) is 0.810. The van der Waals surface area contributed by atoms with Gasteiger partial charge in [-0.3, -0.25) is 4.68 Å². The molecule has 0 fully saturated rings. The van der Waals surface area contributed by atoms with Crippen LogP contribution in [0.2, 0.25) is 0 Å². The molecular formula is C13H17FN4O3S. The van der Waals surface area contributed by atoms with Gasteiger partial charge in [-0.25, -0.2) is 17.5 Å². The lowest BCUT2D eigenvalue weighted by Crippen LogP contribution is -2.28. The minimum absolute atomic E-state index is 0.0128. The van der Waals surface area contributed by atoms with Crippen molar-refractivity contribution < 1.29 is 17.9 Å². The molecule has 0 radical (unpaired) electrons. The van der Waals surface area contributed by atoms with Crippen LogP contribution in [0.4, 0.5) is 4.39 Å². The first kappa shape index (κ1) is 16.5. The van der Waals surface area contributed by atoms with Crippen LogP contribution < -0.4 is 4.72 Å². The van der Waals surface area contributed by atoms with Crippen molar-refractivity contribution in [3.8, 4) is 0 Å². The molecule has 1 heterocycles. The Morgan fingerprint density at radius 2 is 2.05 bits per heavy atom. The van der Waals surface area contributed by atoms with Crippen LogP contribution in [0.5, 0.6) is 0 Å². The fourth-order valence-electron chi connectivity index (χ4n) is 1.78. The lowest BCUT2D eigenvalue weighted by molar-refractivity contribution is 0.215. The fraction of sp³-hybridized carbons (Fsp3) is 0.385. The van der Waals surface area contributed by atoms with Gasteiger partial charge in [0.2, 0.25) is 10.0 Å². The van der Waals surface area contributed by atoms with Gasteiger partial charge in [-0.2, -0.15) is 0 Å². The molecular weight excluding hydrogens is 311 g/mol. The van der Waals surface area contributed by atoms with E-state index in [1.807, 2.05) is 0 Å². The number of hydrogen-bond donors (Lipinski definition) is 2. The molecule has 0 aliphatic carbocycles. The molecule has 1 atom stereocenters. The lowest BCUT2D eigenvalue weighted by atomic mass is 10.1. The zero-order valence-electron chi connectivity index (χ0n) is 12.0. The Balaban J connectivity index is 1.97. The van der Waals surface area contributed by atoms with Gasteiger partial charge in [0.05, 0.1) is 18.5 Å². The van der Waals surface area contributed by atoms with E-state index >= 15 is 0 Å². The first-order chi connectivity index (χ1) is 10.4. The molecule has 0 aliphatic rings. The van der Waals surface area contributed by atoms with Crippen molar-refractivity contribution >= 4 is 10.0 Å². The molecule has 2 aromatic rings. The summed E-state index contributed by atoms with van der Waals surface area (Å²) in [6.45, 7) is 2.03. The molecule has 0 aliphatic heterocycles. The second-order valence-electron chi connectivity index (χ2n) is 4.66. The first-order valence-corrected chi connectivity index (χ1v) is 8.37. The Morgan fingerprint density at radius 1 is 1.36 bits per heavy atom. The number of halogens is 1. The first-order valence-electron chi connectivity index (χ1n) is 6.72. The van der Waals surface area contributed by atoms with Crippen molar-refractivity contribution in [1.29, 1.82) is 0 Å². The summed E-state index contributed by atoms with van der Waals surface area (Å²) in [6, 6.07) is 5.44. The van der Waals surface area contributed by atoms with E-state index < -0.39 is 16.1 Å². The standard InChI is InChI=1S/C13H17FN4O3S/c1-2-22(20,21)15-7-8-18-9-12(16-17-18)13(19)10-3-5-11(14)6-4-10/h3-6,9,13,15,19H,2,7-8H2,1H3. The monoisotopic (exact) mass is 328 g/mol. The Labute approximate surface area is 127 Å². The van der Waals surface area contributed by atoms with Gasteiger partial charge >= 0.3 is 0 Å². The third kappa shape index (κ3) is 4.33. The summed E-state index contributed by atoms with van der Waals surface area (Å²) in [5.74, 6) is -0.373. The van der Waals surface area contributed by atoms with Gasteiger partial charge in [0, 0.05) is 6.54 Å². The molecule has 0 bridgehead atoms. The molecule has 0 spiro atoms. The summed E-state index contributed by atoms with van der Waals surface area (Å²) in [6.07, 6.45) is 0.510. The molecule has 9 heteroatoms. The van der Waals surface area contributed by atoms with Crippen LogP contribution >= 0.6 is 0 Å². The van der Waals surface area contributed by atoms with Crippen molar-refractivity contribution in [2.75, 3.05) is 12.3 Å². The number of nitrogens with zero attached hydrogens (tertiary/aromatic N) is 3. The SMILES string of the molecule is CCS(=O)(=O)NCCn1cc(C(O)c2ccc(F)cc2)nn1. The molecule has 0 saturated heterocycles. The Bertz CT molecular complexity index is 715. The molecule has 1 aromatic carbocycles. The van der Waals surface area contributed by atoms with E-state index in [0.29, 0.717) is 17.8 Å². The van der Waals surface area contributed by atoms with Crippen molar-refractivity contribution in [2.24, 2.45) is 0 Å². The van der Waals surface area contributed by atoms with Crippen LogP contribution in [0, 0.1) is 5.82 Å².